The lowest BCUT2D eigenvalue weighted by Gasteiger charge is -2.05. The van der Waals surface area contributed by atoms with Crippen molar-refractivity contribution in [1.29, 1.82) is 0 Å². The van der Waals surface area contributed by atoms with Crippen LogP contribution < -0.4 is 5.73 Å². The molecule has 0 radical (unpaired) electrons. The summed E-state index contributed by atoms with van der Waals surface area (Å²) in [5.41, 5.74) is 6.99. The molecular formula is C9H15NO. The van der Waals surface area contributed by atoms with Gasteiger partial charge < -0.3 is 10.2 Å². The van der Waals surface area contributed by atoms with Gasteiger partial charge in [0.05, 0.1) is 0 Å². The first-order valence-electron chi connectivity index (χ1n) is 3.97. The lowest BCUT2D eigenvalue weighted by molar-refractivity contribution is 0.496. The molecule has 0 amide bonds. The maximum absolute atomic E-state index is 5.85. The molecule has 0 aliphatic carbocycles. The molecule has 0 saturated heterocycles. The predicted molar refractivity (Wildman–Crippen MR) is 45.4 cm³/mol. The molecule has 1 atom stereocenters. The highest BCUT2D eigenvalue weighted by Crippen LogP contribution is 2.21. The van der Waals surface area contributed by atoms with E-state index in [2.05, 4.69) is 6.92 Å². The second-order valence-electron chi connectivity index (χ2n) is 2.88. The predicted octanol–water partition coefficient (Wildman–Crippen LogP) is 2.31. The summed E-state index contributed by atoms with van der Waals surface area (Å²) in [7, 11) is 0. The van der Waals surface area contributed by atoms with Crippen LogP contribution in [-0.2, 0) is 0 Å². The van der Waals surface area contributed by atoms with Crippen molar-refractivity contribution in [3.05, 3.63) is 23.2 Å². The van der Waals surface area contributed by atoms with Crippen molar-refractivity contribution in [3.8, 4) is 0 Å². The van der Waals surface area contributed by atoms with Gasteiger partial charge in [-0.3, -0.25) is 0 Å². The average molecular weight is 153 g/mol. The van der Waals surface area contributed by atoms with Crippen LogP contribution in [0, 0.1) is 13.8 Å². The Bertz CT molecular complexity index is 240. The summed E-state index contributed by atoms with van der Waals surface area (Å²) in [6.07, 6.45) is 0.958. The highest BCUT2D eigenvalue weighted by molar-refractivity contribution is 5.23. The number of furan rings is 1. The van der Waals surface area contributed by atoms with E-state index in [9.17, 15) is 0 Å². The minimum absolute atomic E-state index is 0.132. The SMILES string of the molecule is CC[C@@H](N)c1cc(C)oc1C. The van der Waals surface area contributed by atoms with Crippen LogP contribution in [0.5, 0.6) is 0 Å². The summed E-state index contributed by atoms with van der Waals surface area (Å²) < 4.78 is 5.36. The van der Waals surface area contributed by atoms with Gasteiger partial charge in [-0.15, -0.1) is 0 Å². The highest BCUT2D eigenvalue weighted by Gasteiger charge is 2.10. The molecule has 1 aromatic heterocycles. The zero-order valence-electron chi connectivity index (χ0n) is 7.35. The number of aryl methyl sites for hydroxylation is 2. The van der Waals surface area contributed by atoms with Crippen molar-refractivity contribution >= 4 is 0 Å². The molecule has 0 aromatic carbocycles. The average Bonchev–Trinajstić information content (AvgIpc) is 2.28. The quantitative estimate of drug-likeness (QED) is 0.708. The normalized spacial score (nSPS) is 13.5. The smallest absolute Gasteiger partial charge is 0.105 e. The summed E-state index contributed by atoms with van der Waals surface area (Å²) in [5.74, 6) is 1.90. The Hall–Kier alpha value is -0.760. The molecule has 1 rings (SSSR count). The Morgan fingerprint density at radius 1 is 1.55 bits per heavy atom. The molecule has 11 heavy (non-hydrogen) atoms. The van der Waals surface area contributed by atoms with Crippen LogP contribution in [0.3, 0.4) is 0 Å². The maximum Gasteiger partial charge on any atom is 0.105 e. The van der Waals surface area contributed by atoms with E-state index >= 15 is 0 Å². The van der Waals surface area contributed by atoms with E-state index in [0.29, 0.717) is 0 Å². The third-order valence-electron chi connectivity index (χ3n) is 1.92. The first kappa shape index (κ1) is 8.34. The Labute approximate surface area is 67.4 Å². The highest BCUT2D eigenvalue weighted by atomic mass is 16.3. The van der Waals surface area contributed by atoms with Gasteiger partial charge in [0.25, 0.3) is 0 Å². The molecule has 62 valence electrons. The third kappa shape index (κ3) is 1.63. The molecule has 2 N–H and O–H groups in total. The summed E-state index contributed by atoms with van der Waals surface area (Å²) >= 11 is 0. The fourth-order valence-electron chi connectivity index (χ4n) is 1.24. The lowest BCUT2D eigenvalue weighted by atomic mass is 10.1. The fraction of sp³-hybridized carbons (Fsp3) is 0.556. The van der Waals surface area contributed by atoms with Gasteiger partial charge in [0, 0.05) is 11.6 Å². The number of nitrogens with two attached hydrogens (primary N) is 1. The van der Waals surface area contributed by atoms with Gasteiger partial charge in [-0.25, -0.2) is 0 Å². The molecule has 1 heterocycles. The van der Waals surface area contributed by atoms with Gasteiger partial charge >= 0.3 is 0 Å². The van der Waals surface area contributed by atoms with Crippen molar-refractivity contribution in [2.45, 2.75) is 33.2 Å². The number of hydrogen-bond acceptors (Lipinski definition) is 2. The third-order valence-corrected chi connectivity index (χ3v) is 1.92. The first-order chi connectivity index (χ1) is 5.15. The van der Waals surface area contributed by atoms with Gasteiger partial charge in [-0.1, -0.05) is 6.92 Å². The van der Waals surface area contributed by atoms with Crippen molar-refractivity contribution in [3.63, 3.8) is 0 Å². The van der Waals surface area contributed by atoms with Crippen LogP contribution in [0.1, 0.15) is 36.5 Å². The summed E-state index contributed by atoms with van der Waals surface area (Å²) in [4.78, 5) is 0. The van der Waals surface area contributed by atoms with E-state index in [1.54, 1.807) is 0 Å². The maximum atomic E-state index is 5.85. The van der Waals surface area contributed by atoms with Crippen molar-refractivity contribution in [2.24, 2.45) is 5.73 Å². The first-order valence-corrected chi connectivity index (χ1v) is 3.97. The second kappa shape index (κ2) is 3.09. The molecule has 1 aromatic rings. The minimum atomic E-state index is 0.132. The van der Waals surface area contributed by atoms with Gasteiger partial charge in [0.15, 0.2) is 0 Å². The standard InChI is InChI=1S/C9H15NO/c1-4-9(10)8-5-6(2)11-7(8)3/h5,9H,4,10H2,1-3H3/t9-/m1/s1. The topological polar surface area (TPSA) is 39.2 Å². The zero-order chi connectivity index (χ0) is 8.43. The molecular weight excluding hydrogens is 138 g/mol. The molecule has 0 aliphatic heterocycles. The van der Waals surface area contributed by atoms with E-state index < -0.39 is 0 Å². The molecule has 0 aliphatic rings. The Kier molecular flexibility index (Phi) is 2.35. The number of rotatable bonds is 2. The number of hydrogen-bond donors (Lipinski definition) is 1. The van der Waals surface area contributed by atoms with E-state index in [4.69, 9.17) is 10.2 Å². The monoisotopic (exact) mass is 153 g/mol. The van der Waals surface area contributed by atoms with Gasteiger partial charge in [-0.2, -0.15) is 0 Å². The molecule has 0 spiro atoms. The molecule has 0 unspecified atom stereocenters. The lowest BCUT2D eigenvalue weighted by Crippen LogP contribution is -2.08. The zero-order valence-corrected chi connectivity index (χ0v) is 7.35. The molecule has 0 fully saturated rings. The summed E-state index contributed by atoms with van der Waals surface area (Å²) in [5, 5.41) is 0. The van der Waals surface area contributed by atoms with Crippen LogP contribution in [0.15, 0.2) is 10.5 Å². The minimum Gasteiger partial charge on any atom is -0.466 e. The van der Waals surface area contributed by atoms with Gasteiger partial charge in [-0.05, 0) is 26.3 Å². The second-order valence-corrected chi connectivity index (χ2v) is 2.88. The van der Waals surface area contributed by atoms with Crippen LogP contribution in [-0.4, -0.2) is 0 Å². The molecule has 0 bridgehead atoms. The Morgan fingerprint density at radius 3 is 2.55 bits per heavy atom. The van der Waals surface area contributed by atoms with Crippen LogP contribution in [0.2, 0.25) is 0 Å². The Balaban J connectivity index is 2.93. The van der Waals surface area contributed by atoms with E-state index in [0.717, 1.165) is 23.5 Å². The summed E-state index contributed by atoms with van der Waals surface area (Å²) in [6.45, 7) is 5.98. The van der Waals surface area contributed by atoms with Crippen molar-refractivity contribution < 1.29 is 4.42 Å². The molecule has 2 heteroatoms. The van der Waals surface area contributed by atoms with Crippen LogP contribution >= 0.6 is 0 Å². The molecule has 0 saturated carbocycles. The van der Waals surface area contributed by atoms with E-state index in [-0.39, 0.29) is 6.04 Å². The van der Waals surface area contributed by atoms with Crippen molar-refractivity contribution in [1.82, 2.24) is 0 Å². The van der Waals surface area contributed by atoms with Gasteiger partial charge in [0.1, 0.15) is 11.5 Å². The fourth-order valence-corrected chi connectivity index (χ4v) is 1.24. The van der Waals surface area contributed by atoms with E-state index in [1.165, 1.54) is 0 Å². The molecule has 2 nitrogen and oxygen atoms in total. The largest absolute Gasteiger partial charge is 0.466 e. The van der Waals surface area contributed by atoms with Crippen molar-refractivity contribution in [2.75, 3.05) is 0 Å². The van der Waals surface area contributed by atoms with Gasteiger partial charge in [0.2, 0.25) is 0 Å². The van der Waals surface area contributed by atoms with Crippen LogP contribution in [0.25, 0.3) is 0 Å². The van der Waals surface area contributed by atoms with Crippen LogP contribution in [0.4, 0.5) is 0 Å². The Morgan fingerprint density at radius 2 is 2.18 bits per heavy atom. The summed E-state index contributed by atoms with van der Waals surface area (Å²) in [6, 6.07) is 2.15. The van der Waals surface area contributed by atoms with E-state index in [1.807, 2.05) is 19.9 Å².